The molecule has 4 heteroatoms. The summed E-state index contributed by atoms with van der Waals surface area (Å²) in [5.41, 5.74) is 1.07. The van der Waals surface area contributed by atoms with Crippen LogP contribution in [0.5, 0.6) is 11.5 Å². The van der Waals surface area contributed by atoms with Crippen molar-refractivity contribution in [3.8, 4) is 11.5 Å². The molecule has 0 saturated carbocycles. The molecule has 0 saturated heterocycles. The Labute approximate surface area is 128 Å². The number of amides is 1. The zero-order chi connectivity index (χ0) is 15.2. The van der Waals surface area contributed by atoms with Gasteiger partial charge in [-0.2, -0.15) is 0 Å². The number of pyridine rings is 1. The Morgan fingerprint density at radius 2 is 1.50 bits per heavy atom. The molecule has 1 aromatic heterocycles. The molecule has 108 valence electrons. The van der Waals surface area contributed by atoms with Crippen molar-refractivity contribution in [2.45, 2.75) is 0 Å². The van der Waals surface area contributed by atoms with E-state index in [0.29, 0.717) is 17.1 Å². The minimum absolute atomic E-state index is 0.239. The van der Waals surface area contributed by atoms with Crippen LogP contribution in [0.2, 0.25) is 0 Å². The average molecular weight is 290 g/mol. The highest BCUT2D eigenvalue weighted by Gasteiger charge is 2.06. The van der Waals surface area contributed by atoms with Gasteiger partial charge >= 0.3 is 0 Å². The number of hydrogen-bond acceptors (Lipinski definition) is 3. The highest BCUT2D eigenvalue weighted by atomic mass is 16.5. The molecule has 0 atom stereocenters. The predicted octanol–water partition coefficient (Wildman–Crippen LogP) is 4.13. The molecule has 2 aromatic carbocycles. The third-order valence-corrected chi connectivity index (χ3v) is 2.99. The lowest BCUT2D eigenvalue weighted by atomic mass is 10.2. The van der Waals surface area contributed by atoms with Gasteiger partial charge in [0.15, 0.2) is 0 Å². The van der Waals surface area contributed by atoms with Crippen LogP contribution in [0, 0.1) is 0 Å². The number of carbonyl (C=O) groups excluding carboxylic acids is 1. The SMILES string of the molecule is O=C(Nc1ccc(Oc2ccccc2)cc1)c1ccccn1. The molecule has 1 N–H and O–H groups in total. The summed E-state index contributed by atoms with van der Waals surface area (Å²) in [5, 5.41) is 2.79. The van der Waals surface area contributed by atoms with Gasteiger partial charge in [0, 0.05) is 11.9 Å². The second-order valence-electron chi connectivity index (χ2n) is 4.61. The van der Waals surface area contributed by atoms with Crippen LogP contribution in [-0.4, -0.2) is 10.9 Å². The van der Waals surface area contributed by atoms with E-state index in [0.717, 1.165) is 5.75 Å². The quantitative estimate of drug-likeness (QED) is 0.786. The molecule has 0 bridgehead atoms. The van der Waals surface area contributed by atoms with Crippen LogP contribution in [-0.2, 0) is 0 Å². The standard InChI is InChI=1S/C18H14N2O2/c21-18(17-8-4-5-13-19-17)20-14-9-11-16(12-10-14)22-15-6-2-1-3-7-15/h1-13H,(H,20,21). The summed E-state index contributed by atoms with van der Waals surface area (Å²) in [5.74, 6) is 1.24. The normalized spacial score (nSPS) is 10.0. The van der Waals surface area contributed by atoms with Crippen molar-refractivity contribution in [2.75, 3.05) is 5.32 Å². The first-order chi connectivity index (χ1) is 10.8. The number of nitrogens with one attached hydrogen (secondary N) is 1. The van der Waals surface area contributed by atoms with Crippen LogP contribution in [0.3, 0.4) is 0 Å². The highest BCUT2D eigenvalue weighted by Crippen LogP contribution is 2.22. The maximum absolute atomic E-state index is 12.0. The largest absolute Gasteiger partial charge is 0.457 e. The molecule has 3 rings (SSSR count). The van der Waals surface area contributed by atoms with Gasteiger partial charge in [-0.05, 0) is 48.5 Å². The lowest BCUT2D eigenvalue weighted by molar-refractivity contribution is 0.102. The fourth-order valence-corrected chi connectivity index (χ4v) is 1.92. The summed E-state index contributed by atoms with van der Waals surface area (Å²) in [7, 11) is 0. The number of aromatic nitrogens is 1. The number of rotatable bonds is 4. The fourth-order valence-electron chi connectivity index (χ4n) is 1.92. The molecule has 1 heterocycles. The molecule has 0 radical (unpaired) electrons. The Bertz CT molecular complexity index is 741. The molecule has 1 amide bonds. The number of para-hydroxylation sites is 1. The van der Waals surface area contributed by atoms with Gasteiger partial charge in [0.1, 0.15) is 17.2 Å². The van der Waals surface area contributed by atoms with Gasteiger partial charge in [0.05, 0.1) is 0 Å². The number of ether oxygens (including phenoxy) is 1. The van der Waals surface area contributed by atoms with Crippen LogP contribution in [0.25, 0.3) is 0 Å². The van der Waals surface area contributed by atoms with Crippen molar-refractivity contribution < 1.29 is 9.53 Å². The number of anilines is 1. The maximum atomic E-state index is 12.0. The van der Waals surface area contributed by atoms with E-state index in [-0.39, 0.29) is 5.91 Å². The molecule has 0 unspecified atom stereocenters. The van der Waals surface area contributed by atoms with Crippen LogP contribution in [0.1, 0.15) is 10.5 Å². The van der Waals surface area contributed by atoms with Gasteiger partial charge < -0.3 is 10.1 Å². The Hall–Kier alpha value is -3.14. The molecule has 4 nitrogen and oxygen atoms in total. The Balaban J connectivity index is 1.66. The minimum atomic E-state index is -0.239. The molecule has 22 heavy (non-hydrogen) atoms. The van der Waals surface area contributed by atoms with Crippen LogP contribution >= 0.6 is 0 Å². The smallest absolute Gasteiger partial charge is 0.274 e. The Morgan fingerprint density at radius 1 is 0.818 bits per heavy atom. The summed E-state index contributed by atoms with van der Waals surface area (Å²) < 4.78 is 5.70. The fraction of sp³-hybridized carbons (Fsp3) is 0. The zero-order valence-electron chi connectivity index (χ0n) is 11.8. The van der Waals surface area contributed by atoms with E-state index in [9.17, 15) is 4.79 Å². The van der Waals surface area contributed by atoms with Crippen molar-refractivity contribution in [3.05, 3.63) is 84.7 Å². The molecular weight excluding hydrogens is 276 g/mol. The van der Waals surface area contributed by atoms with E-state index in [1.165, 1.54) is 0 Å². The molecule has 0 aliphatic rings. The monoisotopic (exact) mass is 290 g/mol. The first-order valence-corrected chi connectivity index (χ1v) is 6.86. The first kappa shape index (κ1) is 13.8. The van der Waals surface area contributed by atoms with E-state index in [4.69, 9.17) is 4.74 Å². The third kappa shape index (κ3) is 3.49. The van der Waals surface area contributed by atoms with E-state index >= 15 is 0 Å². The van der Waals surface area contributed by atoms with Crippen LogP contribution in [0.4, 0.5) is 5.69 Å². The van der Waals surface area contributed by atoms with Crippen molar-refractivity contribution in [1.82, 2.24) is 4.98 Å². The summed E-state index contributed by atoms with van der Waals surface area (Å²) in [6.07, 6.45) is 1.59. The predicted molar refractivity (Wildman–Crippen MR) is 85.1 cm³/mol. The zero-order valence-corrected chi connectivity index (χ0v) is 11.8. The lowest BCUT2D eigenvalue weighted by Crippen LogP contribution is -2.13. The molecule has 0 aliphatic carbocycles. The second-order valence-corrected chi connectivity index (χ2v) is 4.61. The van der Waals surface area contributed by atoms with Crippen LogP contribution in [0.15, 0.2) is 79.0 Å². The molecule has 0 aliphatic heterocycles. The van der Waals surface area contributed by atoms with E-state index in [1.54, 1.807) is 48.7 Å². The van der Waals surface area contributed by atoms with E-state index in [2.05, 4.69) is 10.3 Å². The molecule has 3 aromatic rings. The van der Waals surface area contributed by atoms with Gasteiger partial charge in [-0.15, -0.1) is 0 Å². The van der Waals surface area contributed by atoms with Crippen LogP contribution < -0.4 is 10.1 Å². The molecule has 0 fully saturated rings. The number of nitrogens with zero attached hydrogens (tertiary/aromatic N) is 1. The van der Waals surface area contributed by atoms with Gasteiger partial charge in [0.2, 0.25) is 0 Å². The highest BCUT2D eigenvalue weighted by molar-refractivity contribution is 6.02. The lowest BCUT2D eigenvalue weighted by Gasteiger charge is -2.07. The summed E-state index contributed by atoms with van der Waals surface area (Å²) in [6, 6.07) is 21.9. The van der Waals surface area contributed by atoms with Crippen molar-refractivity contribution >= 4 is 11.6 Å². The van der Waals surface area contributed by atoms with Gasteiger partial charge in [0.25, 0.3) is 5.91 Å². The van der Waals surface area contributed by atoms with E-state index in [1.807, 2.05) is 30.3 Å². The van der Waals surface area contributed by atoms with E-state index < -0.39 is 0 Å². The third-order valence-electron chi connectivity index (χ3n) is 2.99. The van der Waals surface area contributed by atoms with Gasteiger partial charge in [-0.1, -0.05) is 24.3 Å². The summed E-state index contributed by atoms with van der Waals surface area (Å²) >= 11 is 0. The van der Waals surface area contributed by atoms with Crippen molar-refractivity contribution in [1.29, 1.82) is 0 Å². The Kier molecular flexibility index (Phi) is 4.11. The number of carbonyl (C=O) groups is 1. The average Bonchev–Trinajstić information content (AvgIpc) is 2.58. The summed E-state index contributed by atoms with van der Waals surface area (Å²) in [6.45, 7) is 0. The first-order valence-electron chi connectivity index (χ1n) is 6.86. The minimum Gasteiger partial charge on any atom is -0.457 e. The summed E-state index contributed by atoms with van der Waals surface area (Å²) in [4.78, 5) is 16.0. The topological polar surface area (TPSA) is 51.2 Å². The maximum Gasteiger partial charge on any atom is 0.274 e. The second kappa shape index (κ2) is 6.54. The number of hydrogen-bond donors (Lipinski definition) is 1. The van der Waals surface area contributed by atoms with Crippen molar-refractivity contribution in [2.24, 2.45) is 0 Å². The van der Waals surface area contributed by atoms with Gasteiger partial charge in [-0.25, -0.2) is 0 Å². The number of benzene rings is 2. The molecular formula is C18H14N2O2. The molecule has 0 spiro atoms. The Morgan fingerprint density at radius 3 is 2.18 bits per heavy atom. The van der Waals surface area contributed by atoms with Gasteiger partial charge in [-0.3, -0.25) is 9.78 Å². The van der Waals surface area contributed by atoms with Crippen molar-refractivity contribution in [3.63, 3.8) is 0 Å².